The van der Waals surface area contributed by atoms with Gasteiger partial charge in [-0.05, 0) is 48.6 Å². The van der Waals surface area contributed by atoms with Gasteiger partial charge in [0.1, 0.15) is 36.5 Å². The number of aldehydes is 1. The number of nitrogens with one attached hydrogen (secondary N) is 6. The second-order valence-electron chi connectivity index (χ2n) is 15.5. The lowest BCUT2D eigenvalue weighted by Gasteiger charge is -2.33. The number of hydrogen-bond acceptors (Lipinski definition) is 10. The molecule has 58 heavy (non-hydrogen) atoms. The molecule has 0 spiro atoms. The van der Waals surface area contributed by atoms with Gasteiger partial charge in [0.2, 0.25) is 35.4 Å². The molecule has 0 bridgehead atoms. The molecule has 0 saturated heterocycles. The second kappa shape index (κ2) is 24.0. The van der Waals surface area contributed by atoms with Crippen molar-refractivity contribution < 1.29 is 63.3 Å². The van der Waals surface area contributed by atoms with Gasteiger partial charge in [0.05, 0.1) is 18.9 Å². The first-order valence-corrected chi connectivity index (χ1v) is 18.9. The number of carboxylic acids is 3. The fraction of sp³-hybridized carbons (Fsp3) is 0.590. The average molecular weight is 819 g/mol. The van der Waals surface area contributed by atoms with Gasteiger partial charge >= 0.3 is 17.9 Å². The van der Waals surface area contributed by atoms with Crippen LogP contribution in [-0.4, -0.2) is 111 Å². The first kappa shape index (κ1) is 50.1. The summed E-state index contributed by atoms with van der Waals surface area (Å²) in [4.78, 5) is 126. The fourth-order valence-corrected chi connectivity index (χ4v) is 5.61. The molecule has 9 N–H and O–H groups in total. The molecule has 6 amide bonds. The SMILES string of the molecule is CCC(C=O)NC(=O)[C@H](CC(C)C)NC(=O)[C@@H](NC(=O)[C@H](Cc1ccccc1C)NC(=O)[C@H](CCC(=O)O)NC(=O)[C@H](CC(=O)O)NC(=O)CCC(=O)O)C(C)(C)C. The molecule has 6 atom stereocenters. The molecule has 0 aliphatic rings. The van der Waals surface area contributed by atoms with E-state index in [1.54, 1.807) is 58.9 Å². The number of hydrogen-bond donors (Lipinski definition) is 9. The minimum absolute atomic E-state index is 0.0640. The number of carbonyl (C=O) groups is 10. The van der Waals surface area contributed by atoms with Crippen LogP contribution < -0.4 is 31.9 Å². The first-order valence-electron chi connectivity index (χ1n) is 18.9. The lowest BCUT2D eigenvalue weighted by Crippen LogP contribution is -2.62. The standard InChI is InChI=1S/C39H58N6O13/c1-8-24(20-46)40-35(55)26(17-21(2)3)44-38(58)33(39(5,6)7)45-37(57)27(18-23-12-10-9-11-22(23)4)43-34(54)25(13-15-30(48)49)42-36(56)28(19-32(52)53)41-29(47)14-16-31(50)51/h9-12,20-21,24-28,33H,8,13-19H2,1-7H3,(H,40,55)(H,41,47)(H,42,56)(H,43,54)(H,44,58)(H,45,57)(H,48,49)(H,50,51)(H,52,53)/t24?,25-,26-,27-,28-,33+/m0/s1. The summed E-state index contributed by atoms with van der Waals surface area (Å²) < 4.78 is 0. The Kier molecular flexibility index (Phi) is 20.8. The zero-order valence-electron chi connectivity index (χ0n) is 34.0. The van der Waals surface area contributed by atoms with Crippen LogP contribution in [0.4, 0.5) is 0 Å². The van der Waals surface area contributed by atoms with Gasteiger partial charge in [-0.3, -0.25) is 43.2 Å². The van der Waals surface area contributed by atoms with Gasteiger partial charge in [0.25, 0.3) is 0 Å². The molecular weight excluding hydrogens is 760 g/mol. The summed E-state index contributed by atoms with van der Waals surface area (Å²) in [7, 11) is 0. The molecule has 0 heterocycles. The maximum absolute atomic E-state index is 14.2. The van der Waals surface area contributed by atoms with Crippen molar-refractivity contribution in [3.8, 4) is 0 Å². The zero-order valence-corrected chi connectivity index (χ0v) is 34.0. The summed E-state index contributed by atoms with van der Waals surface area (Å²) in [5, 5.41) is 42.5. The summed E-state index contributed by atoms with van der Waals surface area (Å²) >= 11 is 0. The Labute approximate surface area is 337 Å². The average Bonchev–Trinajstić information content (AvgIpc) is 3.12. The molecule has 0 aliphatic carbocycles. The quantitative estimate of drug-likeness (QED) is 0.0603. The Balaban J connectivity index is 3.54. The zero-order chi connectivity index (χ0) is 44.3. The minimum atomic E-state index is -1.79. The van der Waals surface area contributed by atoms with Crippen molar-refractivity contribution >= 4 is 59.6 Å². The van der Waals surface area contributed by atoms with Crippen LogP contribution >= 0.6 is 0 Å². The molecule has 1 aromatic rings. The van der Waals surface area contributed by atoms with Crippen LogP contribution in [0.1, 0.15) is 97.6 Å². The van der Waals surface area contributed by atoms with Crippen LogP contribution in [0.3, 0.4) is 0 Å². The lowest BCUT2D eigenvalue weighted by atomic mass is 9.85. The summed E-state index contributed by atoms with van der Waals surface area (Å²) in [5.41, 5.74) is 0.357. The Hall–Kier alpha value is -5.88. The van der Waals surface area contributed by atoms with E-state index in [2.05, 4.69) is 31.9 Å². The number of carboxylic acid groups (broad SMARTS) is 3. The molecule has 1 unspecified atom stereocenters. The topological polar surface area (TPSA) is 304 Å². The van der Waals surface area contributed by atoms with Gasteiger partial charge in [-0.15, -0.1) is 0 Å². The monoisotopic (exact) mass is 818 g/mol. The molecule has 19 heteroatoms. The van der Waals surface area contributed by atoms with Gasteiger partial charge in [0, 0.05) is 19.3 Å². The van der Waals surface area contributed by atoms with E-state index in [9.17, 15) is 58.2 Å². The van der Waals surface area contributed by atoms with Gasteiger partial charge in [0.15, 0.2) is 0 Å². The van der Waals surface area contributed by atoms with Gasteiger partial charge in [-0.25, -0.2) is 0 Å². The molecule has 0 aromatic heterocycles. The number of rotatable bonds is 25. The van der Waals surface area contributed by atoms with Crippen molar-refractivity contribution in [3.05, 3.63) is 35.4 Å². The Morgan fingerprint density at radius 3 is 1.71 bits per heavy atom. The third kappa shape index (κ3) is 18.4. The van der Waals surface area contributed by atoms with E-state index in [0.29, 0.717) is 18.3 Å². The van der Waals surface area contributed by atoms with Crippen molar-refractivity contribution in [1.29, 1.82) is 0 Å². The number of amides is 6. The molecule has 0 saturated carbocycles. The van der Waals surface area contributed by atoms with Crippen LogP contribution in [0.5, 0.6) is 0 Å². The minimum Gasteiger partial charge on any atom is -0.481 e. The molecule has 1 aromatic carbocycles. The summed E-state index contributed by atoms with van der Waals surface area (Å²) in [6.45, 7) is 12.1. The number of aryl methyl sites for hydroxylation is 1. The van der Waals surface area contributed by atoms with E-state index in [4.69, 9.17) is 5.11 Å². The van der Waals surface area contributed by atoms with Crippen molar-refractivity contribution in [1.82, 2.24) is 31.9 Å². The van der Waals surface area contributed by atoms with Crippen molar-refractivity contribution in [3.63, 3.8) is 0 Å². The Morgan fingerprint density at radius 2 is 1.19 bits per heavy atom. The van der Waals surface area contributed by atoms with Crippen LogP contribution in [0, 0.1) is 18.3 Å². The normalized spacial score (nSPS) is 14.3. The maximum Gasteiger partial charge on any atom is 0.305 e. The second-order valence-corrected chi connectivity index (χ2v) is 15.5. The maximum atomic E-state index is 14.2. The molecule has 322 valence electrons. The van der Waals surface area contributed by atoms with Gasteiger partial charge < -0.3 is 52.0 Å². The van der Waals surface area contributed by atoms with E-state index in [1.165, 1.54) is 0 Å². The predicted octanol–water partition coefficient (Wildman–Crippen LogP) is 0.352. The van der Waals surface area contributed by atoms with Crippen LogP contribution in [0.15, 0.2) is 24.3 Å². The van der Waals surface area contributed by atoms with E-state index in [0.717, 1.165) is 5.56 Å². The molecule has 1 rings (SSSR count). The van der Waals surface area contributed by atoms with E-state index >= 15 is 0 Å². The van der Waals surface area contributed by atoms with E-state index in [1.807, 2.05) is 13.8 Å². The summed E-state index contributed by atoms with van der Waals surface area (Å²) in [5.74, 6) is -9.67. The van der Waals surface area contributed by atoms with E-state index < -0.39 is 127 Å². The largest absolute Gasteiger partial charge is 0.481 e. The highest BCUT2D eigenvalue weighted by Gasteiger charge is 2.38. The summed E-state index contributed by atoms with van der Waals surface area (Å²) in [6, 6.07) is -1.17. The van der Waals surface area contributed by atoms with Crippen LogP contribution in [0.25, 0.3) is 0 Å². The van der Waals surface area contributed by atoms with Crippen LogP contribution in [0.2, 0.25) is 0 Å². The highest BCUT2D eigenvalue weighted by molar-refractivity contribution is 5.97. The van der Waals surface area contributed by atoms with Crippen molar-refractivity contribution in [2.75, 3.05) is 0 Å². The third-order valence-corrected chi connectivity index (χ3v) is 8.88. The summed E-state index contributed by atoms with van der Waals surface area (Å²) in [6.07, 6.45) is -2.41. The molecular formula is C39H58N6O13. The number of aliphatic carboxylic acids is 3. The van der Waals surface area contributed by atoms with Gasteiger partial charge in [-0.1, -0.05) is 65.8 Å². The van der Waals surface area contributed by atoms with Crippen LogP contribution in [-0.2, 0) is 54.4 Å². The highest BCUT2D eigenvalue weighted by Crippen LogP contribution is 2.21. The smallest absolute Gasteiger partial charge is 0.305 e. The third-order valence-electron chi connectivity index (χ3n) is 8.88. The Morgan fingerprint density at radius 1 is 0.655 bits per heavy atom. The molecule has 0 radical (unpaired) electrons. The van der Waals surface area contributed by atoms with Crippen molar-refractivity contribution in [2.45, 2.75) is 136 Å². The van der Waals surface area contributed by atoms with Crippen molar-refractivity contribution in [2.24, 2.45) is 11.3 Å². The molecule has 0 aliphatic heterocycles. The first-order chi connectivity index (χ1) is 27.0. The molecule has 19 nitrogen and oxygen atoms in total. The lowest BCUT2D eigenvalue weighted by molar-refractivity contribution is -0.142. The highest BCUT2D eigenvalue weighted by atomic mass is 16.4. The van der Waals surface area contributed by atoms with E-state index in [-0.39, 0.29) is 18.8 Å². The fourth-order valence-electron chi connectivity index (χ4n) is 5.61. The van der Waals surface area contributed by atoms with Gasteiger partial charge in [-0.2, -0.15) is 0 Å². The number of carbonyl (C=O) groups excluding carboxylic acids is 7. The molecule has 0 fully saturated rings. The number of benzene rings is 1. The predicted molar refractivity (Wildman–Crippen MR) is 208 cm³/mol. The Bertz CT molecular complexity index is 1660.